The number of hydrogen-bond donors (Lipinski definition) is 3. The Hall–Kier alpha value is -1.66. The summed E-state index contributed by atoms with van der Waals surface area (Å²) in [5, 5.41) is 23.0. The van der Waals surface area contributed by atoms with Gasteiger partial charge in [0.1, 0.15) is 0 Å². The van der Waals surface area contributed by atoms with Gasteiger partial charge in [0, 0.05) is 12.8 Å². The van der Waals surface area contributed by atoms with Gasteiger partial charge < -0.3 is 20.3 Å². The van der Waals surface area contributed by atoms with Crippen LogP contribution in [0.25, 0.3) is 0 Å². The number of allylic oxidation sites excluding steroid dienone is 3. The number of aliphatic hydroxyl groups is 2. The van der Waals surface area contributed by atoms with Gasteiger partial charge in [0.15, 0.2) is 0 Å². The second-order valence-corrected chi connectivity index (χ2v) is 23.2. The maximum Gasteiger partial charge on any atom is 0.305 e. The monoisotopic (exact) mass is 1040 g/mol. The highest BCUT2D eigenvalue weighted by molar-refractivity contribution is 5.76. The van der Waals surface area contributed by atoms with Crippen LogP contribution in [0.2, 0.25) is 0 Å². The van der Waals surface area contributed by atoms with Crippen molar-refractivity contribution in [1.82, 2.24) is 5.32 Å². The van der Waals surface area contributed by atoms with E-state index in [2.05, 4.69) is 31.3 Å². The van der Waals surface area contributed by atoms with Crippen LogP contribution in [0, 0.1) is 0 Å². The lowest BCUT2D eigenvalue weighted by Gasteiger charge is -2.20. The lowest BCUT2D eigenvalue weighted by molar-refractivity contribution is -0.143. The predicted molar refractivity (Wildman–Crippen MR) is 324 cm³/mol. The quantitative estimate of drug-likeness (QED) is 0.0320. The highest BCUT2D eigenvalue weighted by Crippen LogP contribution is 2.18. The molecule has 0 rings (SSSR count). The summed E-state index contributed by atoms with van der Waals surface area (Å²) in [5.41, 5.74) is 0. The van der Waals surface area contributed by atoms with Crippen LogP contribution in [0.3, 0.4) is 0 Å². The number of aliphatic hydroxyl groups excluding tert-OH is 2. The number of amides is 1. The lowest BCUT2D eigenvalue weighted by atomic mass is 10.0. The maximum absolute atomic E-state index is 12.4. The van der Waals surface area contributed by atoms with Gasteiger partial charge in [-0.15, -0.1) is 0 Å². The molecule has 0 fully saturated rings. The van der Waals surface area contributed by atoms with Gasteiger partial charge in [0.05, 0.1) is 25.4 Å². The van der Waals surface area contributed by atoms with Crippen molar-refractivity contribution in [2.45, 2.75) is 386 Å². The van der Waals surface area contributed by atoms with Crippen LogP contribution in [0.15, 0.2) is 24.3 Å². The molecular weight excluding hydrogens is 911 g/mol. The van der Waals surface area contributed by atoms with Crippen LogP contribution >= 0.6 is 0 Å². The normalized spacial score (nSPS) is 12.6. The molecule has 6 heteroatoms. The SMILES string of the molecule is CCCCCCCC/C=C\CCCCCCCCCC(=O)OCCCCCCCCCCCCCCCCCCCCCCCCCCCCCCCCC(=O)NC(CO)C(O)/C=C/CCCCCCCCCC. The highest BCUT2D eigenvalue weighted by atomic mass is 16.5. The topological polar surface area (TPSA) is 95.9 Å². The first-order valence-corrected chi connectivity index (χ1v) is 33.6. The smallest absolute Gasteiger partial charge is 0.305 e. The predicted octanol–water partition coefficient (Wildman–Crippen LogP) is 21.4. The highest BCUT2D eigenvalue weighted by Gasteiger charge is 2.18. The third kappa shape index (κ3) is 59.6. The van der Waals surface area contributed by atoms with Crippen molar-refractivity contribution in [2.24, 2.45) is 0 Å². The summed E-state index contributed by atoms with van der Waals surface area (Å²) in [4.78, 5) is 24.5. The first-order valence-electron chi connectivity index (χ1n) is 33.6. The average Bonchev–Trinajstić information content (AvgIpc) is 3.40. The minimum absolute atomic E-state index is 0.0168. The minimum atomic E-state index is -0.839. The van der Waals surface area contributed by atoms with Crippen molar-refractivity contribution in [3.05, 3.63) is 24.3 Å². The Kier molecular flexibility index (Phi) is 62.4. The molecule has 2 unspecified atom stereocenters. The number of carbonyl (C=O) groups is 2. The Morgan fingerprint density at radius 1 is 0.365 bits per heavy atom. The average molecular weight is 1040 g/mol. The summed E-state index contributed by atoms with van der Waals surface area (Å²) in [7, 11) is 0. The Balaban J connectivity index is 3.31. The van der Waals surface area contributed by atoms with E-state index in [0.29, 0.717) is 19.4 Å². The molecule has 0 aliphatic rings. The molecule has 0 saturated heterocycles. The molecule has 1 amide bonds. The van der Waals surface area contributed by atoms with Crippen LogP contribution in [0.4, 0.5) is 0 Å². The maximum atomic E-state index is 12.4. The fraction of sp³-hybridized carbons (Fsp3) is 0.912. The number of esters is 1. The van der Waals surface area contributed by atoms with Gasteiger partial charge in [-0.05, 0) is 57.8 Å². The van der Waals surface area contributed by atoms with E-state index in [1.54, 1.807) is 6.08 Å². The molecule has 0 aromatic carbocycles. The molecule has 0 heterocycles. The van der Waals surface area contributed by atoms with Crippen LogP contribution in [-0.4, -0.2) is 47.4 Å². The first kappa shape index (κ1) is 72.3. The summed E-state index contributed by atoms with van der Waals surface area (Å²) < 4.78 is 5.50. The Labute approximate surface area is 462 Å². The standard InChI is InChI=1S/C68H131NO5/c1-3-5-7-9-11-13-15-16-17-32-36-39-42-46-50-54-58-62-68(73)74-63-59-55-51-47-43-40-37-34-31-29-27-25-23-21-19-18-20-22-24-26-28-30-33-35-38-41-45-49-53-57-61-67(72)69-65(64-70)66(71)60-56-52-48-44-14-12-10-8-6-4-2/h16-17,56,60,65-66,70-71H,3-15,18-55,57-59,61-64H2,1-2H3,(H,69,72)/b17-16-,60-56+. The van der Waals surface area contributed by atoms with E-state index in [9.17, 15) is 19.8 Å². The first-order chi connectivity index (χ1) is 36.5. The zero-order chi connectivity index (χ0) is 53.6. The fourth-order valence-corrected chi connectivity index (χ4v) is 10.6. The molecule has 0 aromatic rings. The van der Waals surface area contributed by atoms with Gasteiger partial charge in [-0.2, -0.15) is 0 Å². The molecule has 0 aromatic heterocycles. The van der Waals surface area contributed by atoms with Crippen molar-refractivity contribution >= 4 is 11.9 Å². The van der Waals surface area contributed by atoms with Crippen molar-refractivity contribution in [2.75, 3.05) is 13.2 Å². The van der Waals surface area contributed by atoms with Crippen LogP contribution < -0.4 is 5.32 Å². The molecule has 0 aliphatic carbocycles. The molecule has 0 spiro atoms. The van der Waals surface area contributed by atoms with Crippen LogP contribution in [0.1, 0.15) is 373 Å². The number of carbonyl (C=O) groups excluding carboxylic acids is 2. The molecule has 0 saturated carbocycles. The van der Waals surface area contributed by atoms with E-state index in [-0.39, 0.29) is 18.5 Å². The number of ether oxygens (including phenoxy) is 1. The van der Waals surface area contributed by atoms with E-state index in [0.717, 1.165) is 44.9 Å². The molecule has 2 atom stereocenters. The molecule has 0 bridgehead atoms. The number of unbranched alkanes of at least 4 members (excludes halogenated alkanes) is 50. The molecule has 0 aliphatic heterocycles. The lowest BCUT2D eigenvalue weighted by Crippen LogP contribution is -2.45. The molecule has 0 radical (unpaired) electrons. The van der Waals surface area contributed by atoms with Crippen LogP contribution in [-0.2, 0) is 14.3 Å². The van der Waals surface area contributed by atoms with E-state index < -0.39 is 12.1 Å². The van der Waals surface area contributed by atoms with Gasteiger partial charge in [0.2, 0.25) is 5.91 Å². The second kappa shape index (κ2) is 63.9. The molecule has 3 N–H and O–H groups in total. The number of hydrogen-bond acceptors (Lipinski definition) is 5. The van der Waals surface area contributed by atoms with Gasteiger partial charge in [0.25, 0.3) is 0 Å². The summed E-state index contributed by atoms with van der Waals surface area (Å²) >= 11 is 0. The summed E-state index contributed by atoms with van der Waals surface area (Å²) in [6.45, 7) is 4.90. The largest absolute Gasteiger partial charge is 0.466 e. The van der Waals surface area contributed by atoms with Gasteiger partial charge in [-0.3, -0.25) is 9.59 Å². The summed E-state index contributed by atoms with van der Waals surface area (Å²) in [5.74, 6) is -0.0478. The number of rotatable bonds is 63. The van der Waals surface area contributed by atoms with Crippen molar-refractivity contribution < 1.29 is 24.5 Å². The van der Waals surface area contributed by atoms with Crippen LogP contribution in [0.5, 0.6) is 0 Å². The number of nitrogens with one attached hydrogen (secondary N) is 1. The van der Waals surface area contributed by atoms with E-state index in [4.69, 9.17) is 4.74 Å². The van der Waals surface area contributed by atoms with Crippen molar-refractivity contribution in [1.29, 1.82) is 0 Å². The molecular formula is C68H131NO5. The molecule has 74 heavy (non-hydrogen) atoms. The molecule has 438 valence electrons. The Bertz CT molecular complexity index is 1150. The van der Waals surface area contributed by atoms with Crippen molar-refractivity contribution in [3.63, 3.8) is 0 Å². The van der Waals surface area contributed by atoms with E-state index in [1.165, 1.54) is 302 Å². The van der Waals surface area contributed by atoms with Gasteiger partial charge in [-0.1, -0.05) is 327 Å². The molecule has 6 nitrogen and oxygen atoms in total. The van der Waals surface area contributed by atoms with Crippen molar-refractivity contribution in [3.8, 4) is 0 Å². The van der Waals surface area contributed by atoms with Gasteiger partial charge in [-0.25, -0.2) is 0 Å². The van der Waals surface area contributed by atoms with Gasteiger partial charge >= 0.3 is 5.97 Å². The third-order valence-electron chi connectivity index (χ3n) is 15.7. The third-order valence-corrected chi connectivity index (χ3v) is 15.7. The summed E-state index contributed by atoms with van der Waals surface area (Å²) in [6, 6.07) is -0.622. The summed E-state index contributed by atoms with van der Waals surface area (Å²) in [6.07, 6.45) is 79.7. The van der Waals surface area contributed by atoms with E-state index in [1.807, 2.05) is 6.08 Å². The fourth-order valence-electron chi connectivity index (χ4n) is 10.6. The zero-order valence-corrected chi connectivity index (χ0v) is 50.1. The Morgan fingerprint density at radius 2 is 0.635 bits per heavy atom. The van der Waals surface area contributed by atoms with E-state index >= 15 is 0 Å². The second-order valence-electron chi connectivity index (χ2n) is 23.2. The zero-order valence-electron chi connectivity index (χ0n) is 50.1. The minimum Gasteiger partial charge on any atom is -0.466 e. The Morgan fingerprint density at radius 3 is 0.959 bits per heavy atom.